The zero-order valence-corrected chi connectivity index (χ0v) is 22.2. The molecule has 0 spiro atoms. The summed E-state index contributed by atoms with van der Waals surface area (Å²) < 4.78 is 10.1. The first kappa shape index (κ1) is 29.0. The summed E-state index contributed by atoms with van der Waals surface area (Å²) in [5, 5.41) is 15.2. The molecule has 0 fully saturated rings. The third kappa shape index (κ3) is 9.04. The molecule has 202 valence electrons. The number of methoxy groups -OCH3 is 1. The van der Waals surface area contributed by atoms with Crippen LogP contribution in [-0.4, -0.2) is 48.1 Å². The van der Waals surface area contributed by atoms with E-state index in [1.165, 1.54) is 37.1 Å². The van der Waals surface area contributed by atoms with Crippen molar-refractivity contribution < 1.29 is 33.8 Å². The summed E-state index contributed by atoms with van der Waals surface area (Å²) in [6.07, 6.45) is 1.15. The average Bonchev–Trinajstić information content (AvgIpc) is 2.93. The molecule has 0 unspecified atom stereocenters. The Morgan fingerprint density at radius 2 is 1.74 bits per heavy atom. The van der Waals surface area contributed by atoms with Crippen molar-refractivity contribution in [2.75, 3.05) is 24.8 Å². The van der Waals surface area contributed by atoms with Crippen molar-refractivity contribution in [3.05, 3.63) is 89.6 Å². The van der Waals surface area contributed by atoms with Gasteiger partial charge in [-0.15, -0.1) is 11.8 Å². The number of hydrogen-bond donors (Lipinski definition) is 3. The number of ketones is 1. The van der Waals surface area contributed by atoms with Gasteiger partial charge in [0.2, 0.25) is 0 Å². The molecule has 0 aliphatic rings. The lowest BCUT2D eigenvalue weighted by Gasteiger charge is -2.13. The van der Waals surface area contributed by atoms with Crippen LogP contribution in [0, 0.1) is 0 Å². The Balaban J connectivity index is 1.79. The number of amides is 2. The van der Waals surface area contributed by atoms with Gasteiger partial charge in [0.25, 0.3) is 11.8 Å². The second kappa shape index (κ2) is 14.4. The second-order valence-corrected chi connectivity index (χ2v) is 9.14. The van der Waals surface area contributed by atoms with Crippen LogP contribution in [0.1, 0.15) is 29.3 Å². The first-order valence-electron chi connectivity index (χ1n) is 12.0. The summed E-state index contributed by atoms with van der Waals surface area (Å²) in [5.74, 6) is -1.57. The fraction of sp³-hybridized carbons (Fsp3) is 0.172. The largest absolute Gasteiger partial charge is 0.508 e. The minimum absolute atomic E-state index is 0.0154. The number of ether oxygens (including phenoxy) is 2. The van der Waals surface area contributed by atoms with E-state index in [0.717, 1.165) is 0 Å². The van der Waals surface area contributed by atoms with Crippen LogP contribution in [0.15, 0.2) is 83.4 Å². The van der Waals surface area contributed by atoms with Crippen LogP contribution in [0.25, 0.3) is 6.08 Å². The normalized spacial score (nSPS) is 10.9. The monoisotopic (exact) mass is 548 g/mol. The number of phenols is 1. The van der Waals surface area contributed by atoms with Crippen LogP contribution in [0.4, 0.5) is 5.69 Å². The van der Waals surface area contributed by atoms with Gasteiger partial charge >= 0.3 is 5.97 Å². The molecule has 9 nitrogen and oxygen atoms in total. The van der Waals surface area contributed by atoms with Crippen molar-refractivity contribution in [1.82, 2.24) is 5.32 Å². The minimum atomic E-state index is -0.602. The summed E-state index contributed by atoms with van der Waals surface area (Å²) in [6, 6.07) is 19.7. The van der Waals surface area contributed by atoms with E-state index in [1.807, 2.05) is 0 Å². The quantitative estimate of drug-likeness (QED) is 0.131. The Morgan fingerprint density at radius 3 is 2.46 bits per heavy atom. The molecule has 3 rings (SSSR count). The lowest BCUT2D eigenvalue weighted by atomic mass is 10.1. The van der Waals surface area contributed by atoms with Gasteiger partial charge in [0.1, 0.15) is 23.6 Å². The highest BCUT2D eigenvalue weighted by Gasteiger charge is 2.17. The van der Waals surface area contributed by atoms with Crippen LogP contribution in [0.5, 0.6) is 11.5 Å². The molecule has 0 saturated heterocycles. The van der Waals surface area contributed by atoms with Crippen molar-refractivity contribution in [1.29, 1.82) is 0 Å². The number of Topliss-reactive ketones (excluding diaryl/α,β-unsaturated/α-hetero) is 1. The van der Waals surface area contributed by atoms with Crippen molar-refractivity contribution in [2.45, 2.75) is 18.2 Å². The van der Waals surface area contributed by atoms with Gasteiger partial charge < -0.3 is 25.2 Å². The third-order valence-electron chi connectivity index (χ3n) is 5.18. The number of anilines is 1. The van der Waals surface area contributed by atoms with E-state index in [-0.39, 0.29) is 36.0 Å². The Bertz CT molecular complexity index is 1370. The van der Waals surface area contributed by atoms with E-state index >= 15 is 0 Å². The number of benzene rings is 3. The molecule has 0 aromatic heterocycles. The first-order chi connectivity index (χ1) is 18.8. The van der Waals surface area contributed by atoms with Gasteiger partial charge in [-0.1, -0.05) is 24.3 Å². The fourth-order valence-electron chi connectivity index (χ4n) is 3.37. The molecular weight excluding hydrogens is 520 g/mol. The number of nitrogens with one attached hydrogen (secondary N) is 2. The summed E-state index contributed by atoms with van der Waals surface area (Å²) >= 11 is 1.22. The van der Waals surface area contributed by atoms with Gasteiger partial charge in [0.05, 0.1) is 19.5 Å². The number of carbonyl (C=O) groups is 4. The average molecular weight is 549 g/mol. The highest BCUT2D eigenvalue weighted by atomic mass is 32.2. The van der Waals surface area contributed by atoms with Crippen LogP contribution in [0.3, 0.4) is 0 Å². The van der Waals surface area contributed by atoms with Crippen LogP contribution >= 0.6 is 11.8 Å². The topological polar surface area (TPSA) is 131 Å². The maximum absolute atomic E-state index is 13.3. The summed E-state index contributed by atoms with van der Waals surface area (Å²) in [6.45, 7) is 1.88. The zero-order valence-electron chi connectivity index (χ0n) is 21.4. The van der Waals surface area contributed by atoms with E-state index < -0.39 is 17.8 Å². The number of rotatable bonds is 12. The highest BCUT2D eigenvalue weighted by Crippen LogP contribution is 2.26. The Kier molecular flexibility index (Phi) is 10.7. The lowest BCUT2D eigenvalue weighted by molar-refractivity contribution is -0.145. The number of thioether (sulfide) groups is 1. The molecule has 0 bridgehead atoms. The Labute approximate surface area is 230 Å². The van der Waals surface area contributed by atoms with Gasteiger partial charge in [-0.3, -0.25) is 19.2 Å². The van der Waals surface area contributed by atoms with Crippen LogP contribution in [-0.2, 0) is 19.1 Å². The Morgan fingerprint density at radius 1 is 0.974 bits per heavy atom. The first-order valence-corrected chi connectivity index (χ1v) is 12.9. The zero-order chi connectivity index (χ0) is 28.2. The van der Waals surface area contributed by atoms with Crippen molar-refractivity contribution >= 4 is 47.1 Å². The van der Waals surface area contributed by atoms with Gasteiger partial charge in [-0.05, 0) is 55.5 Å². The molecule has 0 atom stereocenters. The van der Waals surface area contributed by atoms with E-state index in [1.54, 1.807) is 67.6 Å². The minimum Gasteiger partial charge on any atom is -0.508 e. The molecule has 39 heavy (non-hydrogen) atoms. The molecule has 0 aliphatic carbocycles. The van der Waals surface area contributed by atoms with E-state index in [4.69, 9.17) is 9.47 Å². The molecule has 10 heteroatoms. The van der Waals surface area contributed by atoms with Gasteiger partial charge in [0, 0.05) is 27.8 Å². The summed E-state index contributed by atoms with van der Waals surface area (Å²) in [4.78, 5) is 50.4. The third-order valence-corrected chi connectivity index (χ3v) is 6.24. The number of phenolic OH excluding ortho intramolecular Hbond substituents is 1. The standard InChI is InChI=1S/C29H28N2O7S/c1-3-38-27(34)17-23(33)18-39-24-11-7-10-21(15-24)30-29(36)25(31-28(35)19-8-5-4-6-9-19)14-20-12-13-22(32)16-26(20)37-2/h4-16,32H,3,17-18H2,1-2H3,(H,30,36)(H,31,35)/b25-14-. The maximum atomic E-state index is 13.3. The van der Waals surface area contributed by atoms with Crippen molar-refractivity contribution in [3.8, 4) is 11.5 Å². The fourth-order valence-corrected chi connectivity index (χ4v) is 4.18. The van der Waals surface area contributed by atoms with Crippen molar-refractivity contribution in [3.63, 3.8) is 0 Å². The summed E-state index contributed by atoms with van der Waals surface area (Å²) in [7, 11) is 1.43. The predicted molar refractivity (Wildman–Crippen MR) is 149 cm³/mol. The van der Waals surface area contributed by atoms with Crippen LogP contribution in [0.2, 0.25) is 0 Å². The van der Waals surface area contributed by atoms with Gasteiger partial charge in [0.15, 0.2) is 5.78 Å². The molecule has 0 heterocycles. The molecule has 2 amide bonds. The molecule has 3 aromatic rings. The number of carbonyl (C=O) groups excluding carboxylic acids is 4. The molecule has 3 aromatic carbocycles. The predicted octanol–water partition coefficient (Wildman–Crippen LogP) is 4.42. The molecule has 0 saturated carbocycles. The van der Waals surface area contributed by atoms with Gasteiger partial charge in [-0.2, -0.15) is 0 Å². The number of hydrogen-bond acceptors (Lipinski definition) is 8. The Hall–Kier alpha value is -4.57. The number of aromatic hydroxyl groups is 1. The molecule has 0 radical (unpaired) electrons. The smallest absolute Gasteiger partial charge is 0.313 e. The molecular formula is C29H28N2O7S. The maximum Gasteiger partial charge on any atom is 0.313 e. The van der Waals surface area contributed by atoms with Gasteiger partial charge in [-0.25, -0.2) is 0 Å². The van der Waals surface area contributed by atoms with E-state index in [0.29, 0.717) is 27.5 Å². The van der Waals surface area contributed by atoms with Crippen LogP contribution < -0.4 is 15.4 Å². The number of esters is 1. The SMILES string of the molecule is CCOC(=O)CC(=O)CSc1cccc(NC(=O)/C(=C/c2ccc(O)cc2OC)NC(=O)c2ccccc2)c1. The second-order valence-electron chi connectivity index (χ2n) is 8.10. The lowest BCUT2D eigenvalue weighted by Crippen LogP contribution is -2.30. The summed E-state index contributed by atoms with van der Waals surface area (Å²) in [5.41, 5.74) is 1.19. The van der Waals surface area contributed by atoms with E-state index in [2.05, 4.69) is 10.6 Å². The molecule has 3 N–H and O–H groups in total. The highest BCUT2D eigenvalue weighted by molar-refractivity contribution is 8.00. The van der Waals surface area contributed by atoms with E-state index in [9.17, 15) is 24.3 Å². The van der Waals surface area contributed by atoms with Crippen molar-refractivity contribution in [2.24, 2.45) is 0 Å². The molecule has 0 aliphatic heterocycles.